The first kappa shape index (κ1) is 25.2. The maximum Gasteiger partial charge on any atom is 0.341 e. The highest BCUT2D eigenvalue weighted by molar-refractivity contribution is 7.99. The largest absolute Gasteiger partial charge is 0.482 e. The van der Waals surface area contributed by atoms with E-state index in [9.17, 15) is 22.0 Å². The topological polar surface area (TPSA) is 83.9 Å². The van der Waals surface area contributed by atoms with E-state index in [-0.39, 0.29) is 18.6 Å². The highest BCUT2D eigenvalue weighted by atomic mass is 32.2. The minimum absolute atomic E-state index is 0.0419. The van der Waals surface area contributed by atoms with Crippen LogP contribution in [0.1, 0.15) is 18.9 Å². The molecule has 0 aliphatic heterocycles. The van der Waals surface area contributed by atoms with E-state index < -0.39 is 39.1 Å². The molecule has 0 saturated carbocycles. The first-order chi connectivity index (χ1) is 14.6. The fourth-order valence-electron chi connectivity index (χ4n) is 2.84. The smallest absolute Gasteiger partial charge is 0.341 e. The Morgan fingerprint density at radius 2 is 1.90 bits per heavy atom. The van der Waals surface area contributed by atoms with Crippen LogP contribution in [-0.4, -0.2) is 57.1 Å². The number of hydrogen-bond acceptors (Lipinski definition) is 5. The molecule has 2 rings (SSSR count). The predicted molar refractivity (Wildman–Crippen MR) is 119 cm³/mol. The third-order valence-corrected chi connectivity index (χ3v) is 7.30. The molecule has 0 unspecified atom stereocenters. The van der Waals surface area contributed by atoms with Gasteiger partial charge >= 0.3 is 5.97 Å². The van der Waals surface area contributed by atoms with Gasteiger partial charge in [-0.15, -0.1) is 11.8 Å². The van der Waals surface area contributed by atoms with E-state index in [2.05, 4.69) is 0 Å². The number of thioether (sulfide) groups is 1. The number of carbonyl (C=O) groups is 1. The van der Waals surface area contributed by atoms with E-state index in [1.165, 1.54) is 19.6 Å². The zero-order valence-electron chi connectivity index (χ0n) is 17.5. The average molecular weight is 471 g/mol. The first-order valence-electron chi connectivity index (χ1n) is 9.60. The van der Waals surface area contributed by atoms with Crippen LogP contribution in [0.15, 0.2) is 40.1 Å². The number of carboxylic acids is 1. The third kappa shape index (κ3) is 6.69. The van der Waals surface area contributed by atoms with Gasteiger partial charge in [-0.05, 0) is 49.2 Å². The van der Waals surface area contributed by atoms with Crippen LogP contribution in [0.25, 0.3) is 0 Å². The lowest BCUT2D eigenvalue weighted by atomic mass is 9.96. The Morgan fingerprint density at radius 1 is 1.19 bits per heavy atom. The summed E-state index contributed by atoms with van der Waals surface area (Å²) >= 11 is 1.40. The fraction of sp³-hybridized carbons (Fsp3) is 0.350. The number of benzene rings is 2. The molecule has 0 bridgehead atoms. The summed E-state index contributed by atoms with van der Waals surface area (Å²) in [5.41, 5.74) is 0.793. The monoisotopic (exact) mass is 471 g/mol. The van der Waals surface area contributed by atoms with Crippen LogP contribution >= 0.6 is 11.8 Å². The number of halogens is 2. The van der Waals surface area contributed by atoms with Crippen molar-refractivity contribution in [1.82, 2.24) is 4.31 Å². The Morgan fingerprint density at radius 3 is 2.52 bits per heavy atom. The molecule has 0 heterocycles. The number of hydrogen-bond donors (Lipinski definition) is 1. The lowest BCUT2D eigenvalue weighted by Crippen LogP contribution is -2.34. The Kier molecular flexibility index (Phi) is 8.90. The number of rotatable bonds is 11. The molecule has 0 spiro atoms. The standard InChI is InChI=1S/C20H24BF2NO5S2/c1-3-6-24(31(27,28)19-11-16(22)15(21)10-17(19)23)7-8-30-14-4-5-18(13(2)9-14)29-12-20(25)26/h4-5,9-11H,3,6-8,12,21H2,1-2H3,(H,25,26). The molecule has 0 aromatic heterocycles. The summed E-state index contributed by atoms with van der Waals surface area (Å²) in [5, 5.41) is 8.70. The lowest BCUT2D eigenvalue weighted by Gasteiger charge is -2.22. The molecule has 31 heavy (non-hydrogen) atoms. The van der Waals surface area contributed by atoms with Crippen LogP contribution in [-0.2, 0) is 14.8 Å². The Labute approximate surface area is 186 Å². The molecular weight excluding hydrogens is 447 g/mol. The highest BCUT2D eigenvalue weighted by Gasteiger charge is 2.28. The van der Waals surface area contributed by atoms with E-state index in [4.69, 9.17) is 9.84 Å². The molecule has 0 aliphatic rings. The van der Waals surface area contributed by atoms with Crippen molar-refractivity contribution in [2.75, 3.05) is 25.4 Å². The van der Waals surface area contributed by atoms with E-state index in [0.717, 1.165) is 26.9 Å². The normalized spacial score (nSPS) is 11.6. The van der Waals surface area contributed by atoms with Gasteiger partial charge < -0.3 is 9.84 Å². The van der Waals surface area contributed by atoms with Gasteiger partial charge in [0.2, 0.25) is 10.0 Å². The van der Waals surface area contributed by atoms with Crippen LogP contribution in [0.3, 0.4) is 0 Å². The molecule has 168 valence electrons. The minimum Gasteiger partial charge on any atom is -0.482 e. The van der Waals surface area contributed by atoms with Gasteiger partial charge in [0.25, 0.3) is 0 Å². The molecule has 0 atom stereocenters. The van der Waals surface area contributed by atoms with Gasteiger partial charge in [-0.2, -0.15) is 4.31 Å². The molecule has 0 saturated heterocycles. The van der Waals surface area contributed by atoms with Gasteiger partial charge in [0.05, 0.1) is 0 Å². The van der Waals surface area contributed by atoms with Crippen molar-refractivity contribution in [2.24, 2.45) is 0 Å². The molecule has 2 aromatic rings. The van der Waals surface area contributed by atoms with E-state index in [1.807, 2.05) is 6.07 Å². The third-order valence-electron chi connectivity index (χ3n) is 4.41. The zero-order valence-corrected chi connectivity index (χ0v) is 19.2. The lowest BCUT2D eigenvalue weighted by molar-refractivity contribution is -0.139. The van der Waals surface area contributed by atoms with Gasteiger partial charge in [-0.3, -0.25) is 0 Å². The summed E-state index contributed by atoms with van der Waals surface area (Å²) in [4.78, 5) is 10.8. The van der Waals surface area contributed by atoms with Crippen molar-refractivity contribution in [3.63, 3.8) is 0 Å². The second kappa shape index (κ2) is 11.0. The second-order valence-electron chi connectivity index (χ2n) is 6.89. The van der Waals surface area contributed by atoms with Crippen molar-refractivity contribution >= 4 is 41.1 Å². The van der Waals surface area contributed by atoms with Gasteiger partial charge in [0.15, 0.2) is 6.61 Å². The Balaban J connectivity index is 2.10. The molecule has 0 radical (unpaired) electrons. The molecule has 0 fully saturated rings. The van der Waals surface area contributed by atoms with Gasteiger partial charge in [-0.25, -0.2) is 22.0 Å². The summed E-state index contributed by atoms with van der Waals surface area (Å²) in [7, 11) is -2.82. The van der Waals surface area contributed by atoms with Crippen molar-refractivity contribution < 1.29 is 31.8 Å². The highest BCUT2D eigenvalue weighted by Crippen LogP contribution is 2.27. The number of ether oxygens (including phenoxy) is 1. The Bertz CT molecular complexity index is 1050. The van der Waals surface area contributed by atoms with Crippen LogP contribution in [0.2, 0.25) is 0 Å². The number of nitrogens with zero attached hydrogens (tertiary/aromatic N) is 1. The Hall–Kier alpha value is -2.11. The molecular formula is C20H24BF2NO5S2. The van der Waals surface area contributed by atoms with Crippen LogP contribution in [0.4, 0.5) is 8.78 Å². The van der Waals surface area contributed by atoms with Crippen molar-refractivity contribution in [3.8, 4) is 5.75 Å². The second-order valence-corrected chi connectivity index (χ2v) is 9.97. The summed E-state index contributed by atoms with van der Waals surface area (Å²) in [6.45, 7) is 3.45. The first-order valence-corrected chi connectivity index (χ1v) is 12.0. The van der Waals surface area contributed by atoms with Gasteiger partial charge in [-0.1, -0.05) is 12.4 Å². The maximum atomic E-state index is 14.3. The van der Waals surface area contributed by atoms with Gasteiger partial charge in [0.1, 0.15) is 30.1 Å². The maximum absolute atomic E-state index is 14.3. The molecule has 0 amide bonds. The molecule has 0 aliphatic carbocycles. The summed E-state index contributed by atoms with van der Waals surface area (Å²) < 4.78 is 60.4. The fourth-order valence-corrected chi connectivity index (χ4v) is 5.52. The van der Waals surface area contributed by atoms with E-state index in [1.54, 1.807) is 26.0 Å². The number of aliphatic carboxylic acids is 1. The number of sulfonamides is 1. The summed E-state index contributed by atoms with van der Waals surface area (Å²) in [6.07, 6.45) is 0.522. The molecule has 11 heteroatoms. The quantitative estimate of drug-likeness (QED) is 0.400. The summed E-state index contributed by atoms with van der Waals surface area (Å²) in [6, 6.07) is 6.84. The predicted octanol–water partition coefficient (Wildman–Crippen LogP) is 2.19. The average Bonchev–Trinajstić information content (AvgIpc) is 2.69. The van der Waals surface area contributed by atoms with Crippen molar-refractivity contribution in [3.05, 3.63) is 47.5 Å². The minimum atomic E-state index is -4.19. The van der Waals surface area contributed by atoms with Crippen LogP contribution in [0, 0.1) is 18.6 Å². The number of aryl methyl sites for hydroxylation is 1. The molecule has 1 N–H and O–H groups in total. The van der Waals surface area contributed by atoms with E-state index in [0.29, 0.717) is 17.9 Å². The summed E-state index contributed by atoms with van der Waals surface area (Å²) in [5.74, 6) is -1.96. The van der Waals surface area contributed by atoms with Crippen molar-refractivity contribution in [1.29, 1.82) is 0 Å². The van der Waals surface area contributed by atoms with Crippen LogP contribution < -0.4 is 10.2 Å². The van der Waals surface area contributed by atoms with Crippen molar-refractivity contribution in [2.45, 2.75) is 30.1 Å². The molecule has 6 nitrogen and oxygen atoms in total. The van der Waals surface area contributed by atoms with Gasteiger partial charge in [0, 0.05) is 23.7 Å². The molecule has 2 aromatic carbocycles. The SMILES string of the molecule is Bc1cc(F)c(S(=O)(=O)N(CCC)CCSc2ccc(OCC(=O)O)c(C)c2)cc1F. The van der Waals surface area contributed by atoms with Crippen LogP contribution in [0.5, 0.6) is 5.75 Å². The van der Waals surface area contributed by atoms with E-state index >= 15 is 0 Å². The zero-order chi connectivity index (χ0) is 23.2. The number of carboxylic acid groups (broad SMARTS) is 1.